The molecule has 1 aromatic carbocycles. The Morgan fingerprint density at radius 2 is 2.14 bits per heavy atom. The molecule has 0 bridgehead atoms. The van der Waals surface area contributed by atoms with E-state index in [-0.39, 0.29) is 11.6 Å². The molecule has 1 aliphatic rings. The maximum absolute atomic E-state index is 13.0. The number of hydrogen-bond acceptors (Lipinski definition) is 3. The molecule has 2 atom stereocenters. The lowest BCUT2D eigenvalue weighted by Crippen LogP contribution is -2.46. The molecule has 2 N–H and O–H groups in total. The lowest BCUT2D eigenvalue weighted by molar-refractivity contribution is -0.137. The van der Waals surface area contributed by atoms with Crippen LogP contribution in [-0.2, 0) is 6.18 Å². The largest absolute Gasteiger partial charge is 0.417 e. The molecule has 2 rings (SSSR count). The lowest BCUT2D eigenvalue weighted by Gasteiger charge is -2.40. The van der Waals surface area contributed by atoms with Gasteiger partial charge in [0.1, 0.15) is 0 Å². The van der Waals surface area contributed by atoms with Gasteiger partial charge in [-0.25, -0.2) is 0 Å². The molecule has 1 aliphatic heterocycles. The number of rotatable bonds is 2. The molecule has 1 saturated heterocycles. The van der Waals surface area contributed by atoms with Crippen LogP contribution in [0.15, 0.2) is 18.2 Å². The SMILES string of the molecule is CC1CCN(c2ccc(C#N)c(C(F)(F)F)c2)C(CN)C1. The number of benzene rings is 1. The van der Waals surface area contributed by atoms with Gasteiger partial charge in [-0.15, -0.1) is 0 Å². The van der Waals surface area contributed by atoms with Gasteiger partial charge in [0, 0.05) is 24.8 Å². The third-order valence-corrected chi connectivity index (χ3v) is 4.01. The van der Waals surface area contributed by atoms with Gasteiger partial charge < -0.3 is 10.6 Å². The Balaban J connectivity index is 2.38. The Kier molecular flexibility index (Phi) is 4.43. The first-order chi connectivity index (χ1) is 9.86. The molecule has 2 unspecified atom stereocenters. The summed E-state index contributed by atoms with van der Waals surface area (Å²) in [5.41, 5.74) is 5.02. The van der Waals surface area contributed by atoms with E-state index in [9.17, 15) is 13.2 Å². The molecule has 0 aliphatic carbocycles. The minimum absolute atomic E-state index is 0.0442. The first-order valence-electron chi connectivity index (χ1n) is 6.95. The average molecular weight is 297 g/mol. The predicted octanol–water partition coefficient (Wildman–Crippen LogP) is 3.14. The van der Waals surface area contributed by atoms with Gasteiger partial charge in [-0.2, -0.15) is 18.4 Å². The minimum Gasteiger partial charge on any atom is -0.367 e. The summed E-state index contributed by atoms with van der Waals surface area (Å²) in [6.07, 6.45) is -2.72. The van der Waals surface area contributed by atoms with E-state index in [1.165, 1.54) is 6.07 Å². The molecule has 0 saturated carbocycles. The quantitative estimate of drug-likeness (QED) is 0.912. The zero-order valence-corrected chi connectivity index (χ0v) is 11.8. The Morgan fingerprint density at radius 3 is 2.71 bits per heavy atom. The van der Waals surface area contributed by atoms with Gasteiger partial charge in [0.2, 0.25) is 0 Å². The van der Waals surface area contributed by atoms with Crippen LogP contribution in [0.4, 0.5) is 18.9 Å². The Morgan fingerprint density at radius 1 is 1.43 bits per heavy atom. The molecule has 1 heterocycles. The maximum Gasteiger partial charge on any atom is 0.417 e. The third-order valence-electron chi connectivity index (χ3n) is 4.01. The molecule has 0 spiro atoms. The standard InChI is InChI=1S/C15H18F3N3/c1-10-4-5-21(13(6-10)9-20)12-3-2-11(8-19)14(7-12)15(16,17)18/h2-3,7,10,13H,4-6,9,20H2,1H3. The molecule has 114 valence electrons. The third kappa shape index (κ3) is 3.30. The minimum atomic E-state index is -4.53. The number of halogens is 3. The monoisotopic (exact) mass is 297 g/mol. The summed E-state index contributed by atoms with van der Waals surface area (Å²) < 4.78 is 39.1. The van der Waals surface area contributed by atoms with Gasteiger partial charge >= 0.3 is 6.18 Å². The summed E-state index contributed by atoms with van der Waals surface area (Å²) in [6, 6.07) is 5.53. The van der Waals surface area contributed by atoms with Crippen molar-refractivity contribution in [2.75, 3.05) is 18.0 Å². The highest BCUT2D eigenvalue weighted by atomic mass is 19.4. The van der Waals surface area contributed by atoms with E-state index in [0.717, 1.165) is 18.9 Å². The number of piperidine rings is 1. The van der Waals surface area contributed by atoms with Crippen LogP contribution in [0.1, 0.15) is 30.9 Å². The van der Waals surface area contributed by atoms with Crippen LogP contribution in [-0.4, -0.2) is 19.1 Å². The van der Waals surface area contributed by atoms with Crippen molar-refractivity contribution in [1.82, 2.24) is 0 Å². The topological polar surface area (TPSA) is 53.0 Å². The van der Waals surface area contributed by atoms with Crippen LogP contribution in [0.25, 0.3) is 0 Å². The summed E-state index contributed by atoms with van der Waals surface area (Å²) >= 11 is 0. The summed E-state index contributed by atoms with van der Waals surface area (Å²) in [6.45, 7) is 3.22. The molecule has 1 aromatic rings. The van der Waals surface area contributed by atoms with Crippen molar-refractivity contribution in [2.45, 2.75) is 32.0 Å². The van der Waals surface area contributed by atoms with E-state index < -0.39 is 11.7 Å². The van der Waals surface area contributed by atoms with Gasteiger partial charge in [0.05, 0.1) is 17.2 Å². The number of nitrogens with two attached hydrogens (primary N) is 1. The fourth-order valence-electron chi connectivity index (χ4n) is 2.86. The molecular weight excluding hydrogens is 279 g/mol. The number of alkyl halides is 3. The van der Waals surface area contributed by atoms with Crippen molar-refractivity contribution in [3.05, 3.63) is 29.3 Å². The van der Waals surface area contributed by atoms with Crippen LogP contribution in [0.3, 0.4) is 0 Å². The van der Waals surface area contributed by atoms with E-state index >= 15 is 0 Å². The van der Waals surface area contributed by atoms with E-state index in [1.54, 1.807) is 12.1 Å². The van der Waals surface area contributed by atoms with Crippen molar-refractivity contribution in [3.8, 4) is 6.07 Å². The van der Waals surface area contributed by atoms with Crippen LogP contribution in [0, 0.1) is 17.2 Å². The second kappa shape index (κ2) is 5.94. The first-order valence-corrected chi connectivity index (χ1v) is 6.95. The summed E-state index contributed by atoms with van der Waals surface area (Å²) in [4.78, 5) is 1.93. The molecule has 6 heteroatoms. The second-order valence-electron chi connectivity index (χ2n) is 5.55. The molecule has 0 radical (unpaired) electrons. The Labute approximate surface area is 122 Å². The number of nitriles is 1. The molecular formula is C15H18F3N3. The highest BCUT2D eigenvalue weighted by molar-refractivity contribution is 5.55. The summed E-state index contributed by atoms with van der Waals surface area (Å²) in [5.74, 6) is 0.523. The number of anilines is 1. The van der Waals surface area contributed by atoms with Gasteiger partial charge in [-0.1, -0.05) is 6.92 Å². The van der Waals surface area contributed by atoms with Crippen LogP contribution in [0.5, 0.6) is 0 Å². The fraction of sp³-hybridized carbons (Fsp3) is 0.533. The highest BCUT2D eigenvalue weighted by Gasteiger charge is 2.35. The van der Waals surface area contributed by atoms with E-state index in [4.69, 9.17) is 11.0 Å². The average Bonchev–Trinajstić information content (AvgIpc) is 2.45. The van der Waals surface area contributed by atoms with E-state index in [2.05, 4.69) is 6.92 Å². The van der Waals surface area contributed by atoms with Crippen molar-refractivity contribution in [1.29, 1.82) is 5.26 Å². The van der Waals surface area contributed by atoms with Crippen LogP contribution < -0.4 is 10.6 Å². The van der Waals surface area contributed by atoms with Crippen molar-refractivity contribution in [2.24, 2.45) is 11.7 Å². The first kappa shape index (κ1) is 15.6. The number of hydrogen-bond donors (Lipinski definition) is 1. The number of nitrogens with zero attached hydrogens (tertiary/aromatic N) is 2. The predicted molar refractivity (Wildman–Crippen MR) is 74.7 cm³/mol. The van der Waals surface area contributed by atoms with Gasteiger partial charge in [-0.05, 0) is 37.0 Å². The summed E-state index contributed by atoms with van der Waals surface area (Å²) in [7, 11) is 0. The zero-order valence-electron chi connectivity index (χ0n) is 11.8. The zero-order chi connectivity index (χ0) is 15.6. The van der Waals surface area contributed by atoms with Crippen molar-refractivity contribution in [3.63, 3.8) is 0 Å². The molecule has 0 aromatic heterocycles. The Bertz CT molecular complexity index is 548. The van der Waals surface area contributed by atoms with E-state index in [1.807, 2.05) is 4.90 Å². The van der Waals surface area contributed by atoms with Gasteiger partial charge in [-0.3, -0.25) is 0 Å². The molecule has 3 nitrogen and oxygen atoms in total. The maximum atomic E-state index is 13.0. The van der Waals surface area contributed by atoms with Gasteiger partial charge in [0.25, 0.3) is 0 Å². The summed E-state index contributed by atoms with van der Waals surface area (Å²) in [5, 5.41) is 8.83. The molecule has 0 amide bonds. The smallest absolute Gasteiger partial charge is 0.367 e. The lowest BCUT2D eigenvalue weighted by atomic mass is 9.91. The molecule has 1 fully saturated rings. The highest BCUT2D eigenvalue weighted by Crippen LogP contribution is 2.36. The van der Waals surface area contributed by atoms with Crippen LogP contribution in [0.2, 0.25) is 0 Å². The van der Waals surface area contributed by atoms with E-state index in [0.29, 0.717) is 24.7 Å². The molecule has 21 heavy (non-hydrogen) atoms. The van der Waals surface area contributed by atoms with Crippen molar-refractivity contribution < 1.29 is 13.2 Å². The van der Waals surface area contributed by atoms with Crippen LogP contribution >= 0.6 is 0 Å². The van der Waals surface area contributed by atoms with Crippen molar-refractivity contribution >= 4 is 5.69 Å². The fourth-order valence-corrected chi connectivity index (χ4v) is 2.86. The second-order valence-corrected chi connectivity index (χ2v) is 5.55. The normalized spacial score (nSPS) is 23.0. The Hall–Kier alpha value is -1.74. The van der Waals surface area contributed by atoms with Gasteiger partial charge in [0.15, 0.2) is 0 Å².